The number of piperidine rings is 1. The lowest BCUT2D eigenvalue weighted by atomic mass is 10.0. The third-order valence-electron chi connectivity index (χ3n) is 4.55. The molecule has 2 fully saturated rings. The molecule has 3 rings (SSSR count). The number of nitrogens with one attached hydrogen (secondary N) is 1. The Morgan fingerprint density at radius 3 is 2.43 bits per heavy atom. The van der Waals surface area contributed by atoms with E-state index in [9.17, 15) is 4.79 Å². The van der Waals surface area contributed by atoms with E-state index >= 15 is 0 Å². The molecule has 1 saturated heterocycles. The molecule has 0 bridgehead atoms. The fourth-order valence-electron chi connectivity index (χ4n) is 3.37. The fourth-order valence-corrected chi connectivity index (χ4v) is 3.37. The van der Waals surface area contributed by atoms with Crippen LogP contribution in [0, 0.1) is 13.8 Å². The number of amides is 1. The molecule has 21 heavy (non-hydrogen) atoms. The van der Waals surface area contributed by atoms with Gasteiger partial charge in [0.05, 0.1) is 0 Å². The molecule has 114 valence electrons. The van der Waals surface area contributed by atoms with Crippen LogP contribution in [0.5, 0.6) is 0 Å². The average Bonchev–Trinajstić information content (AvgIpc) is 3.29. The molecule has 3 heteroatoms. The number of carbonyl (C=O) groups excluding carboxylic acids is 1. The summed E-state index contributed by atoms with van der Waals surface area (Å²) in [6.45, 7) is 6.10. The Hall–Kier alpha value is -1.35. The maximum absolute atomic E-state index is 12.9. The van der Waals surface area contributed by atoms with E-state index in [0.29, 0.717) is 12.1 Å². The second-order valence-corrected chi connectivity index (χ2v) is 6.71. The van der Waals surface area contributed by atoms with Crippen molar-refractivity contribution in [3.05, 3.63) is 34.9 Å². The molecule has 3 nitrogen and oxygen atoms in total. The molecule has 0 radical (unpaired) electrons. The fraction of sp³-hybridized carbons (Fsp3) is 0.611. The summed E-state index contributed by atoms with van der Waals surface area (Å²) in [7, 11) is 0. The highest BCUT2D eigenvalue weighted by molar-refractivity contribution is 5.95. The SMILES string of the molecule is Cc1cc(C)cc(C(=O)N(CC2CCCCN2)C2CC2)c1. The first-order valence-electron chi connectivity index (χ1n) is 8.26. The normalized spacial score (nSPS) is 22.1. The van der Waals surface area contributed by atoms with E-state index in [0.717, 1.165) is 18.7 Å². The average molecular weight is 286 g/mol. The van der Waals surface area contributed by atoms with Gasteiger partial charge in [-0.3, -0.25) is 4.79 Å². The highest BCUT2D eigenvalue weighted by atomic mass is 16.2. The number of rotatable bonds is 4. The van der Waals surface area contributed by atoms with Crippen LogP contribution in [-0.2, 0) is 0 Å². The zero-order valence-electron chi connectivity index (χ0n) is 13.2. The Bertz CT molecular complexity index is 496. The van der Waals surface area contributed by atoms with Gasteiger partial charge in [-0.15, -0.1) is 0 Å². The number of aryl methyl sites for hydroxylation is 2. The van der Waals surface area contributed by atoms with Gasteiger partial charge in [-0.1, -0.05) is 23.6 Å². The lowest BCUT2D eigenvalue weighted by Gasteiger charge is -2.31. The Balaban J connectivity index is 1.74. The lowest BCUT2D eigenvalue weighted by Crippen LogP contribution is -2.46. The first kappa shape index (κ1) is 14.6. The van der Waals surface area contributed by atoms with E-state index in [2.05, 4.69) is 30.1 Å². The molecular weight excluding hydrogens is 260 g/mol. The van der Waals surface area contributed by atoms with Gasteiger partial charge in [0.1, 0.15) is 0 Å². The Morgan fingerprint density at radius 1 is 1.14 bits per heavy atom. The first-order chi connectivity index (χ1) is 10.1. The maximum atomic E-state index is 12.9. The summed E-state index contributed by atoms with van der Waals surface area (Å²) in [5.41, 5.74) is 3.20. The Labute approximate surface area is 127 Å². The van der Waals surface area contributed by atoms with Gasteiger partial charge in [0, 0.05) is 24.2 Å². The van der Waals surface area contributed by atoms with Crippen molar-refractivity contribution < 1.29 is 4.79 Å². The smallest absolute Gasteiger partial charge is 0.254 e. The summed E-state index contributed by atoms with van der Waals surface area (Å²) in [6.07, 6.45) is 6.09. The van der Waals surface area contributed by atoms with Crippen LogP contribution in [0.25, 0.3) is 0 Å². The molecule has 1 aromatic rings. The van der Waals surface area contributed by atoms with Crippen molar-refractivity contribution in [2.24, 2.45) is 0 Å². The van der Waals surface area contributed by atoms with Crippen LogP contribution in [0.15, 0.2) is 18.2 Å². The molecule has 1 saturated carbocycles. The van der Waals surface area contributed by atoms with Crippen molar-refractivity contribution in [1.82, 2.24) is 10.2 Å². The molecule has 1 N–H and O–H groups in total. The van der Waals surface area contributed by atoms with Gasteiger partial charge in [0.15, 0.2) is 0 Å². The third kappa shape index (κ3) is 3.65. The van der Waals surface area contributed by atoms with Gasteiger partial charge in [-0.2, -0.15) is 0 Å². The van der Waals surface area contributed by atoms with Gasteiger partial charge in [-0.25, -0.2) is 0 Å². The summed E-state index contributed by atoms with van der Waals surface area (Å²) >= 11 is 0. The predicted molar refractivity (Wildman–Crippen MR) is 85.6 cm³/mol. The van der Waals surface area contributed by atoms with Crippen LogP contribution in [-0.4, -0.2) is 36.0 Å². The van der Waals surface area contributed by atoms with Gasteiger partial charge in [-0.05, 0) is 58.2 Å². The second kappa shape index (κ2) is 6.18. The molecule has 1 atom stereocenters. The van der Waals surface area contributed by atoms with Crippen molar-refractivity contribution >= 4 is 5.91 Å². The van der Waals surface area contributed by atoms with Gasteiger partial charge < -0.3 is 10.2 Å². The molecule has 2 aliphatic rings. The molecule has 1 amide bonds. The Kier molecular flexibility index (Phi) is 4.29. The molecule has 1 unspecified atom stereocenters. The minimum absolute atomic E-state index is 0.219. The minimum Gasteiger partial charge on any atom is -0.334 e. The van der Waals surface area contributed by atoms with E-state index in [1.54, 1.807) is 0 Å². The van der Waals surface area contributed by atoms with Gasteiger partial charge in [0.2, 0.25) is 0 Å². The van der Waals surface area contributed by atoms with Crippen molar-refractivity contribution in [2.45, 2.75) is 58.0 Å². The van der Waals surface area contributed by atoms with E-state index in [1.165, 1.54) is 43.2 Å². The number of hydrogen-bond acceptors (Lipinski definition) is 2. The van der Waals surface area contributed by atoms with E-state index in [-0.39, 0.29) is 5.91 Å². The topological polar surface area (TPSA) is 32.3 Å². The molecule has 0 spiro atoms. The summed E-state index contributed by atoms with van der Waals surface area (Å²) in [5.74, 6) is 0.219. The summed E-state index contributed by atoms with van der Waals surface area (Å²) < 4.78 is 0. The Morgan fingerprint density at radius 2 is 1.86 bits per heavy atom. The van der Waals surface area contributed by atoms with E-state index < -0.39 is 0 Å². The van der Waals surface area contributed by atoms with Crippen LogP contribution in [0.4, 0.5) is 0 Å². The van der Waals surface area contributed by atoms with Crippen LogP contribution in [0.3, 0.4) is 0 Å². The highest BCUT2D eigenvalue weighted by Crippen LogP contribution is 2.29. The first-order valence-corrected chi connectivity index (χ1v) is 8.26. The zero-order valence-corrected chi connectivity index (χ0v) is 13.2. The number of carbonyl (C=O) groups is 1. The van der Waals surface area contributed by atoms with Crippen LogP contribution >= 0.6 is 0 Å². The number of hydrogen-bond donors (Lipinski definition) is 1. The standard InChI is InChI=1S/C18H26N2O/c1-13-9-14(2)11-15(10-13)18(21)20(17-6-7-17)12-16-5-3-4-8-19-16/h9-11,16-17,19H,3-8,12H2,1-2H3. The summed E-state index contributed by atoms with van der Waals surface area (Å²) in [6, 6.07) is 7.13. The maximum Gasteiger partial charge on any atom is 0.254 e. The van der Waals surface area contributed by atoms with E-state index in [1.807, 2.05) is 12.1 Å². The molecule has 1 aliphatic carbocycles. The number of benzene rings is 1. The quantitative estimate of drug-likeness (QED) is 0.922. The summed E-state index contributed by atoms with van der Waals surface area (Å²) in [5, 5.41) is 3.57. The largest absolute Gasteiger partial charge is 0.334 e. The van der Waals surface area contributed by atoms with Crippen molar-refractivity contribution in [1.29, 1.82) is 0 Å². The van der Waals surface area contributed by atoms with Gasteiger partial charge in [0.25, 0.3) is 5.91 Å². The molecular formula is C18H26N2O. The molecule has 0 aromatic heterocycles. The molecule has 1 aliphatic heterocycles. The molecule has 1 aromatic carbocycles. The summed E-state index contributed by atoms with van der Waals surface area (Å²) in [4.78, 5) is 15.0. The predicted octanol–water partition coefficient (Wildman–Crippen LogP) is 3.05. The van der Waals surface area contributed by atoms with Crippen molar-refractivity contribution in [3.63, 3.8) is 0 Å². The van der Waals surface area contributed by atoms with Crippen LogP contribution < -0.4 is 5.32 Å². The monoisotopic (exact) mass is 286 g/mol. The van der Waals surface area contributed by atoms with Crippen LogP contribution in [0.2, 0.25) is 0 Å². The minimum atomic E-state index is 0.219. The van der Waals surface area contributed by atoms with Crippen LogP contribution in [0.1, 0.15) is 53.6 Å². The number of nitrogens with zero attached hydrogens (tertiary/aromatic N) is 1. The lowest BCUT2D eigenvalue weighted by molar-refractivity contribution is 0.0717. The van der Waals surface area contributed by atoms with Gasteiger partial charge >= 0.3 is 0 Å². The molecule has 1 heterocycles. The second-order valence-electron chi connectivity index (χ2n) is 6.71. The van der Waals surface area contributed by atoms with Crippen molar-refractivity contribution in [3.8, 4) is 0 Å². The zero-order chi connectivity index (χ0) is 14.8. The third-order valence-corrected chi connectivity index (χ3v) is 4.55. The van der Waals surface area contributed by atoms with E-state index in [4.69, 9.17) is 0 Å². The van der Waals surface area contributed by atoms with Crippen molar-refractivity contribution in [2.75, 3.05) is 13.1 Å². The highest BCUT2D eigenvalue weighted by Gasteiger charge is 2.34.